The summed E-state index contributed by atoms with van der Waals surface area (Å²) in [6.07, 6.45) is 4.58. The van der Waals surface area contributed by atoms with Gasteiger partial charge in [-0.3, -0.25) is 14.5 Å². The number of fused-ring (bicyclic) bond motifs is 2. The fourth-order valence-electron chi connectivity index (χ4n) is 5.69. The van der Waals surface area contributed by atoms with Crippen molar-refractivity contribution in [1.82, 2.24) is 29.2 Å². The highest BCUT2D eigenvalue weighted by Crippen LogP contribution is 2.48. The first-order chi connectivity index (χ1) is 20.4. The summed E-state index contributed by atoms with van der Waals surface area (Å²) in [4.78, 5) is 46.9. The van der Waals surface area contributed by atoms with Crippen LogP contribution in [-0.4, -0.2) is 80.5 Å². The first-order valence-corrected chi connectivity index (χ1v) is 14.3. The number of hydrogen-bond donors (Lipinski definition) is 1. The zero-order chi connectivity index (χ0) is 29.0. The van der Waals surface area contributed by atoms with Crippen LogP contribution in [0.3, 0.4) is 0 Å². The van der Waals surface area contributed by atoms with E-state index in [1.807, 2.05) is 25.1 Å². The van der Waals surface area contributed by atoms with Crippen LogP contribution < -0.4 is 25.4 Å². The Labute approximate surface area is 242 Å². The van der Waals surface area contributed by atoms with Crippen LogP contribution in [0, 0.1) is 0 Å². The molecule has 42 heavy (non-hydrogen) atoms. The molecule has 1 aliphatic carbocycles. The minimum absolute atomic E-state index is 0.0737. The smallest absolute Gasteiger partial charge is 0.278 e. The first-order valence-electron chi connectivity index (χ1n) is 14.3. The van der Waals surface area contributed by atoms with E-state index in [1.165, 1.54) is 16.6 Å². The number of likely N-dealkylation sites (N-methyl/N-ethyl adjacent to an activating group) is 2. The molecule has 2 fully saturated rings. The lowest BCUT2D eigenvalue weighted by molar-refractivity contribution is -0.128. The van der Waals surface area contributed by atoms with Gasteiger partial charge in [-0.1, -0.05) is 6.08 Å². The van der Waals surface area contributed by atoms with Crippen LogP contribution in [0.15, 0.2) is 60.0 Å². The molecule has 12 heteroatoms. The van der Waals surface area contributed by atoms with Gasteiger partial charge in [0.15, 0.2) is 28.6 Å². The highest BCUT2D eigenvalue weighted by atomic mass is 16.5. The van der Waals surface area contributed by atoms with Crippen LogP contribution in [0.25, 0.3) is 16.9 Å². The molecule has 1 saturated heterocycles. The van der Waals surface area contributed by atoms with E-state index < -0.39 is 5.60 Å². The van der Waals surface area contributed by atoms with Crippen molar-refractivity contribution < 1.29 is 9.53 Å². The highest BCUT2D eigenvalue weighted by molar-refractivity contribution is 6.04. The van der Waals surface area contributed by atoms with E-state index in [0.29, 0.717) is 53.8 Å². The predicted octanol–water partition coefficient (Wildman–Crippen LogP) is 2.94. The predicted molar refractivity (Wildman–Crippen MR) is 161 cm³/mol. The Morgan fingerprint density at radius 2 is 1.81 bits per heavy atom. The molecule has 4 aromatic rings. The first kappa shape index (κ1) is 26.2. The maximum atomic E-state index is 13.4. The summed E-state index contributed by atoms with van der Waals surface area (Å²) in [6.45, 7) is 10.5. The zero-order valence-electron chi connectivity index (χ0n) is 23.8. The summed E-state index contributed by atoms with van der Waals surface area (Å²) in [6, 6.07) is 11.8. The van der Waals surface area contributed by atoms with Gasteiger partial charge in [0.05, 0.1) is 6.54 Å². The maximum absolute atomic E-state index is 13.4. The lowest BCUT2D eigenvalue weighted by Crippen LogP contribution is -2.48. The van der Waals surface area contributed by atoms with E-state index >= 15 is 0 Å². The topological polar surface area (TPSA) is 114 Å². The molecule has 1 amide bonds. The van der Waals surface area contributed by atoms with Crippen LogP contribution in [0.5, 0.6) is 5.75 Å². The van der Waals surface area contributed by atoms with Gasteiger partial charge in [0, 0.05) is 63.1 Å². The van der Waals surface area contributed by atoms with E-state index in [-0.39, 0.29) is 18.0 Å². The molecule has 216 valence electrons. The van der Waals surface area contributed by atoms with Crippen molar-refractivity contribution in [2.45, 2.75) is 31.9 Å². The normalized spacial score (nSPS) is 17.8. The number of hydrogen-bond acceptors (Lipinski definition) is 9. The van der Waals surface area contributed by atoms with Crippen LogP contribution >= 0.6 is 0 Å². The molecule has 0 atom stereocenters. The van der Waals surface area contributed by atoms with Crippen molar-refractivity contribution in [2.24, 2.45) is 0 Å². The molecule has 0 radical (unpaired) electrons. The Morgan fingerprint density at radius 1 is 1.05 bits per heavy atom. The number of allylic oxidation sites excluding steroid dienone is 1. The Hall–Kier alpha value is -4.71. The molecule has 1 N–H and O–H groups in total. The number of nitrogens with zero attached hydrogens (tertiary/aromatic N) is 8. The van der Waals surface area contributed by atoms with Crippen molar-refractivity contribution in [1.29, 1.82) is 0 Å². The number of carbonyl (C=O) groups excluding carboxylic acids is 1. The maximum Gasteiger partial charge on any atom is 0.278 e. The lowest BCUT2D eigenvalue weighted by atomic mass is 10.2. The number of ether oxygens (including phenoxy) is 1. The van der Waals surface area contributed by atoms with Gasteiger partial charge in [-0.25, -0.2) is 19.3 Å². The molecule has 3 aliphatic rings. The van der Waals surface area contributed by atoms with Gasteiger partial charge < -0.3 is 19.9 Å². The Kier molecular flexibility index (Phi) is 6.23. The quantitative estimate of drug-likeness (QED) is 0.337. The van der Waals surface area contributed by atoms with E-state index in [4.69, 9.17) is 14.7 Å². The molecular weight excluding hydrogens is 534 g/mol. The lowest BCUT2D eigenvalue weighted by Gasteiger charge is -2.34. The average Bonchev–Trinajstić information content (AvgIpc) is 3.73. The van der Waals surface area contributed by atoms with Gasteiger partial charge in [0.1, 0.15) is 5.39 Å². The SMILES string of the molecule is C=CCn1c(=O)c2cnc(Nc3ccc(N4CCN(C)CC4)cc3)nc2n1-c1ccc2c(n1)N(CC)C(=O)C1(CC1)O2. The van der Waals surface area contributed by atoms with Crippen LogP contribution in [0.2, 0.25) is 0 Å². The summed E-state index contributed by atoms with van der Waals surface area (Å²) in [7, 11) is 2.14. The number of anilines is 4. The van der Waals surface area contributed by atoms with Gasteiger partial charge >= 0.3 is 0 Å². The molecular formula is C30H33N9O3. The minimum atomic E-state index is -0.756. The molecule has 5 heterocycles. The van der Waals surface area contributed by atoms with Gasteiger partial charge in [0.2, 0.25) is 5.95 Å². The van der Waals surface area contributed by atoms with Crippen molar-refractivity contribution >= 4 is 40.1 Å². The molecule has 1 spiro atoms. The second kappa shape index (κ2) is 9.98. The van der Waals surface area contributed by atoms with Gasteiger partial charge in [-0.15, -0.1) is 6.58 Å². The fraction of sp³-hybridized carbons (Fsp3) is 0.367. The molecule has 12 nitrogen and oxygen atoms in total. The zero-order valence-corrected chi connectivity index (χ0v) is 23.8. The van der Waals surface area contributed by atoms with E-state index in [9.17, 15) is 9.59 Å². The fourth-order valence-corrected chi connectivity index (χ4v) is 5.69. The van der Waals surface area contributed by atoms with E-state index in [0.717, 1.165) is 31.9 Å². The molecule has 0 unspecified atom stereocenters. The summed E-state index contributed by atoms with van der Waals surface area (Å²) in [5.74, 6) is 1.70. The summed E-state index contributed by atoms with van der Waals surface area (Å²) in [5, 5.41) is 3.62. The van der Waals surface area contributed by atoms with Gasteiger partial charge in [-0.2, -0.15) is 4.98 Å². The Bertz CT molecular complexity index is 1750. The molecule has 3 aromatic heterocycles. The third-order valence-electron chi connectivity index (χ3n) is 8.23. The molecule has 1 aromatic carbocycles. The Morgan fingerprint density at radius 3 is 2.50 bits per heavy atom. The van der Waals surface area contributed by atoms with Gasteiger partial charge in [-0.05, 0) is 50.4 Å². The monoisotopic (exact) mass is 567 g/mol. The number of nitrogens with one attached hydrogen (secondary N) is 1. The molecule has 2 aliphatic heterocycles. The van der Waals surface area contributed by atoms with Crippen molar-refractivity contribution in [3.63, 3.8) is 0 Å². The highest BCUT2D eigenvalue weighted by Gasteiger charge is 2.58. The number of carbonyl (C=O) groups is 1. The third-order valence-corrected chi connectivity index (χ3v) is 8.23. The average molecular weight is 568 g/mol. The van der Waals surface area contributed by atoms with Crippen molar-refractivity contribution in [3.05, 3.63) is 65.6 Å². The third kappa shape index (κ3) is 4.30. The summed E-state index contributed by atoms with van der Waals surface area (Å²) in [5.41, 5.74) is 1.39. The number of pyridine rings is 1. The Balaban J connectivity index is 1.24. The molecule has 7 rings (SSSR count). The number of amides is 1. The van der Waals surface area contributed by atoms with Crippen LogP contribution in [0.4, 0.5) is 23.1 Å². The minimum Gasteiger partial charge on any atom is -0.474 e. The number of rotatable bonds is 7. The second-order valence-electron chi connectivity index (χ2n) is 11.0. The molecule has 1 saturated carbocycles. The second-order valence-corrected chi connectivity index (χ2v) is 11.0. The number of piperazine rings is 1. The van der Waals surface area contributed by atoms with E-state index in [2.05, 4.69) is 45.9 Å². The standard InChI is InChI=1S/C30H33N9O3/c1-4-14-38-27(40)22-19-31-29(32-20-6-8-21(9-7-20)36-17-15-35(3)16-18-36)34-25(22)39(38)24-11-10-23-26(33-24)37(5-2)28(41)30(42-23)12-13-30/h4,6-11,19H,1,5,12-18H2,2-3H3,(H,31,32,34). The number of aromatic nitrogens is 5. The molecule has 0 bridgehead atoms. The summed E-state index contributed by atoms with van der Waals surface area (Å²) < 4.78 is 9.25. The largest absolute Gasteiger partial charge is 0.474 e. The van der Waals surface area contributed by atoms with Crippen LogP contribution in [0.1, 0.15) is 19.8 Å². The van der Waals surface area contributed by atoms with Crippen molar-refractivity contribution in [2.75, 3.05) is 54.9 Å². The van der Waals surface area contributed by atoms with Crippen molar-refractivity contribution in [3.8, 4) is 11.6 Å². The van der Waals surface area contributed by atoms with Gasteiger partial charge in [0.25, 0.3) is 11.5 Å². The van der Waals surface area contributed by atoms with Crippen LogP contribution in [-0.2, 0) is 11.3 Å². The summed E-state index contributed by atoms with van der Waals surface area (Å²) >= 11 is 0. The van der Waals surface area contributed by atoms with E-state index in [1.54, 1.807) is 21.7 Å². The number of benzene rings is 1.